The van der Waals surface area contributed by atoms with E-state index in [4.69, 9.17) is 10.5 Å². The van der Waals surface area contributed by atoms with Crippen molar-refractivity contribution in [2.24, 2.45) is 5.73 Å². The minimum absolute atomic E-state index is 0.0170. The molecule has 2 heterocycles. The topological polar surface area (TPSA) is 38.5 Å². The van der Waals surface area contributed by atoms with Crippen LogP contribution in [0.3, 0.4) is 0 Å². The summed E-state index contributed by atoms with van der Waals surface area (Å²) >= 11 is 1.82. The third-order valence-corrected chi connectivity index (χ3v) is 5.17. The van der Waals surface area contributed by atoms with Gasteiger partial charge < -0.3 is 10.5 Å². The van der Waals surface area contributed by atoms with E-state index in [-0.39, 0.29) is 5.60 Å². The molecule has 1 fully saturated rings. The molecule has 0 aliphatic carbocycles. The summed E-state index contributed by atoms with van der Waals surface area (Å²) in [6.45, 7) is 7.16. The summed E-state index contributed by atoms with van der Waals surface area (Å²) < 4.78 is 5.67. The number of thiophene rings is 1. The highest BCUT2D eigenvalue weighted by atomic mass is 32.1. The molecule has 0 saturated carbocycles. The molecule has 2 N–H and O–H groups in total. The lowest BCUT2D eigenvalue weighted by atomic mass is 9.93. The van der Waals surface area contributed by atoms with Gasteiger partial charge in [0.15, 0.2) is 0 Å². The number of nitrogens with zero attached hydrogens (tertiary/aromatic N) is 1. The lowest BCUT2D eigenvalue weighted by Crippen LogP contribution is -2.49. The van der Waals surface area contributed by atoms with Gasteiger partial charge >= 0.3 is 0 Å². The first kappa shape index (κ1) is 14.0. The summed E-state index contributed by atoms with van der Waals surface area (Å²) in [7, 11) is 1.82. The van der Waals surface area contributed by atoms with Crippen LogP contribution in [-0.2, 0) is 4.74 Å². The molecule has 4 heteroatoms. The molecule has 1 aliphatic rings. The van der Waals surface area contributed by atoms with E-state index < -0.39 is 0 Å². The van der Waals surface area contributed by atoms with Gasteiger partial charge in [-0.15, -0.1) is 11.3 Å². The van der Waals surface area contributed by atoms with Gasteiger partial charge in [-0.05, 0) is 50.2 Å². The number of hydrogen-bond acceptors (Lipinski definition) is 4. The quantitative estimate of drug-likeness (QED) is 0.912. The van der Waals surface area contributed by atoms with Gasteiger partial charge in [-0.2, -0.15) is 0 Å². The molecular weight excluding hydrogens is 244 g/mol. The van der Waals surface area contributed by atoms with Gasteiger partial charge in [0.05, 0.1) is 11.6 Å². The van der Waals surface area contributed by atoms with Crippen molar-refractivity contribution in [3.05, 3.63) is 21.9 Å². The molecule has 0 bridgehead atoms. The molecule has 0 amide bonds. The van der Waals surface area contributed by atoms with Crippen molar-refractivity contribution in [2.75, 3.05) is 26.7 Å². The zero-order chi connectivity index (χ0) is 13.2. The van der Waals surface area contributed by atoms with E-state index in [1.807, 2.05) is 18.4 Å². The van der Waals surface area contributed by atoms with Crippen LogP contribution in [0.15, 0.2) is 11.4 Å². The number of methoxy groups -OCH3 is 1. The Hall–Kier alpha value is -0.420. The Kier molecular flexibility index (Phi) is 4.43. The summed E-state index contributed by atoms with van der Waals surface area (Å²) in [4.78, 5) is 3.91. The molecule has 2 atom stereocenters. The summed E-state index contributed by atoms with van der Waals surface area (Å²) in [5.74, 6) is 0. The van der Waals surface area contributed by atoms with Gasteiger partial charge in [-0.3, -0.25) is 4.90 Å². The lowest BCUT2D eigenvalue weighted by molar-refractivity contribution is -0.0605. The molecule has 102 valence electrons. The fourth-order valence-electron chi connectivity index (χ4n) is 2.82. The van der Waals surface area contributed by atoms with Crippen LogP contribution in [-0.4, -0.2) is 37.2 Å². The minimum atomic E-state index is -0.0170. The Balaban J connectivity index is 2.16. The predicted octanol–water partition coefficient (Wildman–Crippen LogP) is 2.56. The lowest BCUT2D eigenvalue weighted by Gasteiger charge is -2.42. The highest BCUT2D eigenvalue weighted by Crippen LogP contribution is 2.33. The molecular formula is C14H24N2OS. The van der Waals surface area contributed by atoms with E-state index in [9.17, 15) is 0 Å². The smallest absolute Gasteiger partial charge is 0.0777 e. The fourth-order valence-corrected chi connectivity index (χ4v) is 3.90. The first-order valence-corrected chi connectivity index (χ1v) is 7.51. The maximum atomic E-state index is 6.02. The van der Waals surface area contributed by atoms with E-state index in [1.165, 1.54) is 16.9 Å². The van der Waals surface area contributed by atoms with Crippen molar-refractivity contribution in [1.82, 2.24) is 4.90 Å². The van der Waals surface area contributed by atoms with E-state index in [2.05, 4.69) is 30.2 Å². The molecule has 1 saturated heterocycles. The van der Waals surface area contributed by atoms with Crippen molar-refractivity contribution in [2.45, 2.75) is 38.3 Å². The van der Waals surface area contributed by atoms with E-state index in [0.29, 0.717) is 12.6 Å². The zero-order valence-electron chi connectivity index (χ0n) is 11.6. The molecule has 2 unspecified atom stereocenters. The van der Waals surface area contributed by atoms with E-state index in [1.54, 1.807) is 0 Å². The standard InChI is InChI=1S/C14H24N2OS/c1-11-5-8-18-13(11)12(9-15)16-7-4-6-14(2,10-16)17-3/h5,8,12H,4,6-7,9-10,15H2,1-3H3. The van der Waals surface area contributed by atoms with Gasteiger partial charge in [0.25, 0.3) is 0 Å². The highest BCUT2D eigenvalue weighted by Gasteiger charge is 2.34. The third kappa shape index (κ3) is 2.77. The van der Waals surface area contributed by atoms with Gasteiger partial charge in [-0.1, -0.05) is 0 Å². The summed E-state index contributed by atoms with van der Waals surface area (Å²) in [5.41, 5.74) is 7.36. The summed E-state index contributed by atoms with van der Waals surface area (Å²) in [6, 6.07) is 2.53. The predicted molar refractivity (Wildman–Crippen MR) is 77.1 cm³/mol. The summed E-state index contributed by atoms with van der Waals surface area (Å²) in [6.07, 6.45) is 2.33. The molecule has 1 aromatic rings. The van der Waals surface area contributed by atoms with Gasteiger partial charge in [-0.25, -0.2) is 0 Å². The highest BCUT2D eigenvalue weighted by molar-refractivity contribution is 7.10. The summed E-state index contributed by atoms with van der Waals surface area (Å²) in [5, 5.41) is 2.16. The molecule has 0 aromatic carbocycles. The SMILES string of the molecule is COC1(C)CCCN(C(CN)c2sccc2C)C1. The Labute approximate surface area is 114 Å². The van der Waals surface area contributed by atoms with Gasteiger partial charge in [0.1, 0.15) is 0 Å². The molecule has 2 rings (SSSR count). The second-order valence-corrected chi connectivity index (χ2v) is 6.40. The number of hydrogen-bond donors (Lipinski definition) is 1. The van der Waals surface area contributed by atoms with Crippen molar-refractivity contribution < 1.29 is 4.74 Å². The Morgan fingerprint density at radius 2 is 2.39 bits per heavy atom. The fraction of sp³-hybridized carbons (Fsp3) is 0.714. The number of nitrogens with two attached hydrogens (primary N) is 1. The number of ether oxygens (including phenoxy) is 1. The molecule has 18 heavy (non-hydrogen) atoms. The molecule has 0 spiro atoms. The average Bonchev–Trinajstić information content (AvgIpc) is 2.77. The van der Waals surface area contributed by atoms with Gasteiger partial charge in [0, 0.05) is 25.1 Å². The number of rotatable bonds is 4. The molecule has 1 aliphatic heterocycles. The van der Waals surface area contributed by atoms with Crippen LogP contribution in [0.2, 0.25) is 0 Å². The van der Waals surface area contributed by atoms with E-state index in [0.717, 1.165) is 19.5 Å². The number of aryl methyl sites for hydroxylation is 1. The van der Waals surface area contributed by atoms with Crippen molar-refractivity contribution in [3.63, 3.8) is 0 Å². The van der Waals surface area contributed by atoms with Crippen LogP contribution >= 0.6 is 11.3 Å². The van der Waals surface area contributed by atoms with Crippen LogP contribution in [0.1, 0.15) is 36.2 Å². The zero-order valence-corrected chi connectivity index (χ0v) is 12.4. The maximum absolute atomic E-state index is 6.02. The molecule has 1 aromatic heterocycles. The number of piperidine rings is 1. The first-order chi connectivity index (χ1) is 8.59. The monoisotopic (exact) mass is 268 g/mol. The normalized spacial score (nSPS) is 27.3. The van der Waals surface area contributed by atoms with Crippen molar-refractivity contribution in [1.29, 1.82) is 0 Å². The van der Waals surface area contributed by atoms with Crippen LogP contribution in [0.5, 0.6) is 0 Å². The molecule has 0 radical (unpaired) electrons. The maximum Gasteiger partial charge on any atom is 0.0777 e. The Morgan fingerprint density at radius 3 is 2.94 bits per heavy atom. The number of likely N-dealkylation sites (tertiary alicyclic amines) is 1. The average molecular weight is 268 g/mol. The van der Waals surface area contributed by atoms with Crippen LogP contribution in [0.4, 0.5) is 0 Å². The van der Waals surface area contributed by atoms with Gasteiger partial charge in [0.2, 0.25) is 0 Å². The van der Waals surface area contributed by atoms with Crippen LogP contribution in [0, 0.1) is 6.92 Å². The third-order valence-electron chi connectivity index (χ3n) is 4.05. The first-order valence-electron chi connectivity index (χ1n) is 6.63. The van der Waals surface area contributed by atoms with Crippen LogP contribution < -0.4 is 5.73 Å². The van der Waals surface area contributed by atoms with E-state index >= 15 is 0 Å². The Bertz CT molecular complexity index is 393. The van der Waals surface area contributed by atoms with Crippen LogP contribution in [0.25, 0.3) is 0 Å². The second kappa shape index (κ2) is 5.70. The Morgan fingerprint density at radius 1 is 1.61 bits per heavy atom. The van der Waals surface area contributed by atoms with Crippen molar-refractivity contribution in [3.8, 4) is 0 Å². The largest absolute Gasteiger partial charge is 0.377 e. The molecule has 3 nitrogen and oxygen atoms in total. The minimum Gasteiger partial charge on any atom is -0.377 e. The van der Waals surface area contributed by atoms with Crippen molar-refractivity contribution >= 4 is 11.3 Å². The second-order valence-electron chi connectivity index (χ2n) is 5.45.